The zero-order valence-corrected chi connectivity index (χ0v) is 25.8. The van der Waals surface area contributed by atoms with Gasteiger partial charge < -0.3 is 0 Å². The molecule has 0 bridgehead atoms. The van der Waals surface area contributed by atoms with Gasteiger partial charge in [0.25, 0.3) is 0 Å². The number of quaternary nitrogens is 1. The molecule has 0 aliphatic rings. The van der Waals surface area contributed by atoms with Crippen molar-refractivity contribution in [3.05, 3.63) is 134 Å². The summed E-state index contributed by atoms with van der Waals surface area (Å²) in [4.78, 5) is 0. The Labute approximate surface area is 273 Å². The van der Waals surface area contributed by atoms with Gasteiger partial charge in [-0.1, -0.05) is 43.2 Å². The van der Waals surface area contributed by atoms with E-state index >= 15 is 26.3 Å². The fraction of sp³-hybridized carbons (Fsp3) is 0.152. The highest BCUT2D eigenvalue weighted by atomic mass is 19.2. The molecule has 0 amide bonds. The Hall–Kier alpha value is -4.85. The second-order valence-electron chi connectivity index (χ2n) is 11.6. The van der Waals surface area contributed by atoms with Crippen LogP contribution in [0.2, 0.25) is 0 Å². The SMILES string of the molecule is CC#C/C(=C(/C)[B-](c1c(F)c(F)c(F)c(F)c1F)(c1c(F)c(F)c(F)c(F)c1F)c1c(F)c(F)c(F)c(F)c1F)[N+](C)(C)Cc1ccccc1. The average Bonchev–Trinajstić information content (AvgIpc) is 3.08. The summed E-state index contributed by atoms with van der Waals surface area (Å²) in [5.74, 6) is -41.3. The van der Waals surface area contributed by atoms with Crippen LogP contribution in [0.5, 0.6) is 0 Å². The molecule has 17 heteroatoms. The smallest absolute Gasteiger partial charge is 0.200 e. The van der Waals surface area contributed by atoms with E-state index in [-0.39, 0.29) is 6.54 Å². The van der Waals surface area contributed by atoms with E-state index in [2.05, 4.69) is 11.8 Å². The van der Waals surface area contributed by atoms with E-state index in [1.165, 1.54) is 38.4 Å². The summed E-state index contributed by atoms with van der Waals surface area (Å²) in [6, 6.07) is 7.51. The van der Waals surface area contributed by atoms with Crippen LogP contribution in [0.3, 0.4) is 0 Å². The fourth-order valence-corrected chi connectivity index (χ4v) is 6.26. The van der Waals surface area contributed by atoms with Crippen molar-refractivity contribution in [2.75, 3.05) is 14.1 Å². The number of halogens is 15. The Morgan fingerprint density at radius 1 is 0.500 bits per heavy atom. The molecule has 0 spiro atoms. The normalized spacial score (nSPS) is 12.5. The van der Waals surface area contributed by atoms with Crippen LogP contribution >= 0.6 is 0 Å². The van der Waals surface area contributed by atoms with Gasteiger partial charge in [-0.2, -0.15) is 0 Å². The van der Waals surface area contributed by atoms with E-state index in [0.29, 0.717) is 12.5 Å². The van der Waals surface area contributed by atoms with Crippen LogP contribution in [-0.2, 0) is 6.54 Å². The van der Waals surface area contributed by atoms with Gasteiger partial charge in [-0.25, -0.2) is 65.9 Å². The van der Waals surface area contributed by atoms with E-state index in [0.717, 1.165) is 6.92 Å². The third-order valence-corrected chi connectivity index (χ3v) is 8.32. The van der Waals surface area contributed by atoms with Crippen molar-refractivity contribution in [2.24, 2.45) is 0 Å². The van der Waals surface area contributed by atoms with Gasteiger partial charge in [0.2, 0.25) is 0 Å². The van der Waals surface area contributed by atoms with E-state index in [4.69, 9.17) is 0 Å². The number of hydrogen-bond donors (Lipinski definition) is 0. The molecule has 1 nitrogen and oxygen atoms in total. The number of nitrogens with zero attached hydrogens (tertiary/aromatic N) is 1. The van der Waals surface area contributed by atoms with Crippen molar-refractivity contribution in [3.8, 4) is 11.8 Å². The molecule has 0 aliphatic carbocycles. The minimum atomic E-state index is -5.93. The molecule has 0 unspecified atom stereocenters. The summed E-state index contributed by atoms with van der Waals surface area (Å²) >= 11 is 0. The molecule has 0 saturated heterocycles. The maximum atomic E-state index is 16.0. The lowest BCUT2D eigenvalue weighted by Gasteiger charge is -2.46. The van der Waals surface area contributed by atoms with Crippen molar-refractivity contribution in [2.45, 2.75) is 20.4 Å². The van der Waals surface area contributed by atoms with Crippen LogP contribution < -0.4 is 16.4 Å². The highest BCUT2D eigenvalue weighted by Crippen LogP contribution is 2.34. The van der Waals surface area contributed by atoms with Crippen molar-refractivity contribution < 1.29 is 70.3 Å². The lowest BCUT2D eigenvalue weighted by atomic mass is 9.12. The molecule has 0 atom stereocenters. The van der Waals surface area contributed by atoms with Crippen LogP contribution in [0.25, 0.3) is 0 Å². The fourth-order valence-electron chi connectivity index (χ4n) is 6.26. The Bertz CT molecular complexity index is 1900. The van der Waals surface area contributed by atoms with Crippen LogP contribution in [0.4, 0.5) is 65.9 Å². The lowest BCUT2D eigenvalue weighted by molar-refractivity contribution is -0.862. The Morgan fingerprint density at radius 2 is 0.780 bits per heavy atom. The van der Waals surface area contributed by atoms with Crippen molar-refractivity contribution in [1.29, 1.82) is 0 Å². The van der Waals surface area contributed by atoms with Gasteiger partial charge in [0.1, 0.15) is 53.3 Å². The zero-order valence-electron chi connectivity index (χ0n) is 25.8. The summed E-state index contributed by atoms with van der Waals surface area (Å²) in [6.45, 7) is 1.16. The van der Waals surface area contributed by atoms with Gasteiger partial charge in [0.05, 0.1) is 14.1 Å². The first-order valence-corrected chi connectivity index (χ1v) is 13.9. The van der Waals surface area contributed by atoms with E-state index in [9.17, 15) is 39.5 Å². The topological polar surface area (TPSA) is 0 Å². The van der Waals surface area contributed by atoms with Gasteiger partial charge in [-0.05, 0) is 12.8 Å². The van der Waals surface area contributed by atoms with E-state index in [1.807, 2.05) is 0 Å². The molecule has 4 aromatic rings. The summed E-state index contributed by atoms with van der Waals surface area (Å²) in [5.41, 5.74) is -9.99. The van der Waals surface area contributed by atoms with Gasteiger partial charge in [0.15, 0.2) is 52.4 Å². The van der Waals surface area contributed by atoms with Gasteiger partial charge in [-0.3, -0.25) is 4.48 Å². The van der Waals surface area contributed by atoms with E-state index < -0.39 is 125 Å². The van der Waals surface area contributed by atoms with Gasteiger partial charge >= 0.3 is 0 Å². The molecule has 0 N–H and O–H groups in total. The highest BCUT2D eigenvalue weighted by molar-refractivity contribution is 7.16. The van der Waals surface area contributed by atoms with Crippen molar-refractivity contribution in [1.82, 2.24) is 0 Å². The maximum absolute atomic E-state index is 16.0. The molecule has 0 aromatic heterocycles. The van der Waals surface area contributed by atoms with Crippen molar-refractivity contribution in [3.63, 3.8) is 0 Å². The van der Waals surface area contributed by atoms with Gasteiger partial charge in [0, 0.05) is 5.56 Å². The monoisotopic (exact) mass is 725 g/mol. The maximum Gasteiger partial charge on any atom is 0.200 e. The number of rotatable bonds is 7. The summed E-state index contributed by atoms with van der Waals surface area (Å²) < 4.78 is 228. The molecule has 0 fully saturated rings. The first-order chi connectivity index (χ1) is 23.2. The van der Waals surface area contributed by atoms with Crippen LogP contribution in [0.1, 0.15) is 19.4 Å². The predicted molar refractivity (Wildman–Crippen MR) is 152 cm³/mol. The zero-order chi connectivity index (χ0) is 37.8. The molecule has 4 aromatic carbocycles. The molecule has 0 heterocycles. The molecule has 0 aliphatic heterocycles. The minimum Gasteiger partial charge on any atom is -0.288 e. The molecular formula is C33H19BF15N. The molecule has 50 heavy (non-hydrogen) atoms. The number of hydrogen-bond acceptors (Lipinski definition) is 0. The standard InChI is InChI=1S/C33H19BF15N/c1-5-9-15(50(3,4)12-14-10-7-6-8-11-14)13(2)34(16-19(35)25(41)31(47)26(42)20(16)36,17-21(37)27(43)32(48)28(44)22(17)38)18-23(39)29(45)33(49)30(46)24(18)40/h6-8,10-11H,12H2,1-4H3/b15-13+. The first kappa shape index (κ1) is 38.0. The third-order valence-electron chi connectivity index (χ3n) is 8.32. The molecule has 0 saturated carbocycles. The van der Waals surface area contributed by atoms with Crippen molar-refractivity contribution >= 4 is 22.5 Å². The van der Waals surface area contributed by atoms with Crippen LogP contribution in [-0.4, -0.2) is 24.7 Å². The van der Waals surface area contributed by atoms with Crippen LogP contribution in [0.15, 0.2) is 41.5 Å². The quantitative estimate of drug-likeness (QED) is 0.0467. The largest absolute Gasteiger partial charge is 0.288 e. The summed E-state index contributed by atoms with van der Waals surface area (Å²) in [5, 5.41) is 0. The summed E-state index contributed by atoms with van der Waals surface area (Å²) in [7, 11) is 2.35. The minimum absolute atomic E-state index is 0.334. The van der Waals surface area contributed by atoms with Gasteiger partial charge in [-0.15, -0.1) is 21.9 Å². The predicted octanol–water partition coefficient (Wildman–Crippen LogP) is 7.36. The first-order valence-electron chi connectivity index (χ1n) is 13.9. The second-order valence-corrected chi connectivity index (χ2v) is 11.6. The second kappa shape index (κ2) is 13.5. The van der Waals surface area contributed by atoms with E-state index in [1.54, 1.807) is 6.07 Å². The Kier molecular flexibility index (Phi) is 10.2. The third kappa shape index (κ3) is 5.59. The average molecular weight is 725 g/mol. The Morgan fingerprint density at radius 3 is 1.06 bits per heavy atom. The summed E-state index contributed by atoms with van der Waals surface area (Å²) in [6.07, 6.45) is -5.93. The van der Waals surface area contributed by atoms with Crippen LogP contribution in [0, 0.1) is 99.1 Å². The molecular weight excluding hydrogens is 706 g/mol. The lowest BCUT2D eigenvalue weighted by Crippen LogP contribution is -2.75. The molecule has 0 radical (unpaired) electrons. The number of allylic oxidation sites excluding steroid dienone is 2. The Balaban J connectivity index is 2.56. The number of benzene rings is 4. The molecule has 4 rings (SSSR count). The molecule has 264 valence electrons. The highest BCUT2D eigenvalue weighted by Gasteiger charge is 2.51.